The highest BCUT2D eigenvalue weighted by Gasteiger charge is 2.30. The number of hydrogen-bond acceptors (Lipinski definition) is 3. The monoisotopic (exact) mass is 585 g/mol. The Hall–Kier alpha value is -2.50. The summed E-state index contributed by atoms with van der Waals surface area (Å²) in [7, 11) is -1.14. The van der Waals surface area contributed by atoms with E-state index in [9.17, 15) is 22.4 Å². The minimum absolute atomic E-state index is 0.0648. The van der Waals surface area contributed by atoms with E-state index < -0.39 is 39.7 Å². The highest BCUT2D eigenvalue weighted by molar-refractivity contribution is 14.1. The van der Waals surface area contributed by atoms with Crippen molar-refractivity contribution in [1.29, 1.82) is 0 Å². The minimum Gasteiger partial charge on any atom is -0.422 e. The zero-order valence-electron chi connectivity index (χ0n) is 15.8. The van der Waals surface area contributed by atoms with Gasteiger partial charge >= 0.3 is 5.97 Å². The van der Waals surface area contributed by atoms with E-state index in [1.54, 1.807) is 35.7 Å². The van der Waals surface area contributed by atoms with Crippen molar-refractivity contribution in [3.63, 3.8) is 0 Å². The van der Waals surface area contributed by atoms with Gasteiger partial charge in [-0.05, 0) is 46.2 Å². The van der Waals surface area contributed by atoms with Crippen molar-refractivity contribution in [1.82, 2.24) is 0 Å². The molecular formula is C23H10F4IO2S2+. The Balaban J connectivity index is 1.64. The number of ether oxygens (including phenoxy) is 1. The number of carbonyl (C=O) groups excluding carboxylic acids is 1. The number of carbonyl (C=O) groups is 1. The summed E-state index contributed by atoms with van der Waals surface area (Å²) in [4.78, 5) is 13.4. The molecule has 0 fully saturated rings. The maximum absolute atomic E-state index is 14.6. The summed E-state index contributed by atoms with van der Waals surface area (Å²) in [5, 5.41) is 1.66. The van der Waals surface area contributed by atoms with Crippen LogP contribution in [0.2, 0.25) is 0 Å². The molecule has 0 radical (unpaired) electrons. The summed E-state index contributed by atoms with van der Waals surface area (Å²) >= 11 is 3.31. The molecule has 9 heteroatoms. The van der Waals surface area contributed by atoms with Crippen LogP contribution in [0.4, 0.5) is 17.6 Å². The van der Waals surface area contributed by atoms with Crippen LogP contribution in [-0.4, -0.2) is 5.97 Å². The molecule has 0 spiro atoms. The minimum atomic E-state index is -1.14. The van der Waals surface area contributed by atoms with Gasteiger partial charge in [-0.2, -0.15) is 0 Å². The summed E-state index contributed by atoms with van der Waals surface area (Å²) in [6.07, 6.45) is 0. The van der Waals surface area contributed by atoms with Gasteiger partial charge in [0.2, 0.25) is 0 Å². The van der Waals surface area contributed by atoms with Crippen LogP contribution in [0.15, 0.2) is 60.0 Å². The quantitative estimate of drug-likeness (QED) is 0.0702. The van der Waals surface area contributed by atoms with Crippen molar-refractivity contribution in [2.45, 2.75) is 0 Å². The molecule has 0 atom stereocenters. The molecule has 5 rings (SSSR count). The Morgan fingerprint density at radius 2 is 1.41 bits per heavy atom. The van der Waals surface area contributed by atoms with Crippen molar-refractivity contribution in [2.75, 3.05) is 0 Å². The molecule has 0 aliphatic rings. The van der Waals surface area contributed by atoms with Crippen LogP contribution in [-0.2, 0) is 0 Å². The summed E-state index contributed by atoms with van der Waals surface area (Å²) in [6, 6.07) is 11.8. The standard InChI is InChI=1S/C23H10F4IO2S2/c24-11-7-15(26)20-18(9-11)32(19-10-12(25)8-16(27)21(19)20)14-3-1-13(2-4-14)30-23(29)22-17(28)5-6-31-22/h1-10H/q+1. The SMILES string of the molecule is O=C(Oc1ccc(-[s+]2c3cc(F)cc(F)c3c3c(F)cc(F)cc32)cc1)c1sccc1I. The zero-order valence-corrected chi connectivity index (χ0v) is 19.6. The van der Waals surface area contributed by atoms with Crippen LogP contribution in [0.25, 0.3) is 25.1 Å². The van der Waals surface area contributed by atoms with Crippen molar-refractivity contribution in [2.24, 2.45) is 0 Å². The van der Waals surface area contributed by atoms with Crippen LogP contribution in [0, 0.1) is 26.8 Å². The van der Waals surface area contributed by atoms with E-state index in [-0.39, 0.29) is 25.9 Å². The molecule has 32 heavy (non-hydrogen) atoms. The fourth-order valence-corrected chi connectivity index (χ4v) is 7.62. The third-order valence-corrected chi connectivity index (χ3v) is 9.23. The number of hydrogen-bond donors (Lipinski definition) is 0. The zero-order chi connectivity index (χ0) is 22.6. The van der Waals surface area contributed by atoms with Gasteiger partial charge < -0.3 is 4.74 Å². The average molecular weight is 585 g/mol. The lowest BCUT2D eigenvalue weighted by Crippen LogP contribution is -2.07. The second-order valence-corrected chi connectivity index (χ2v) is 10.8. The Morgan fingerprint density at radius 3 is 1.91 bits per heavy atom. The molecule has 2 heterocycles. The molecule has 3 aromatic carbocycles. The van der Waals surface area contributed by atoms with Gasteiger partial charge in [-0.1, -0.05) is 0 Å². The largest absolute Gasteiger partial charge is 0.422 e. The summed E-state index contributed by atoms with van der Waals surface area (Å²) in [5.41, 5.74) is 0. The van der Waals surface area contributed by atoms with Crippen LogP contribution < -0.4 is 4.74 Å². The molecule has 0 bridgehead atoms. The Labute approximate surface area is 199 Å². The fourth-order valence-electron chi connectivity index (χ4n) is 3.52. The summed E-state index contributed by atoms with van der Waals surface area (Å²) in [6.45, 7) is 0. The highest BCUT2D eigenvalue weighted by Crippen LogP contribution is 2.50. The Kier molecular flexibility index (Phi) is 5.42. The van der Waals surface area contributed by atoms with E-state index in [2.05, 4.69) is 0 Å². The fraction of sp³-hybridized carbons (Fsp3) is 0. The van der Waals surface area contributed by atoms with E-state index in [1.165, 1.54) is 11.3 Å². The lowest BCUT2D eigenvalue weighted by molar-refractivity contribution is 0.0739. The van der Waals surface area contributed by atoms with Gasteiger partial charge in [0.25, 0.3) is 0 Å². The van der Waals surface area contributed by atoms with Crippen LogP contribution >= 0.6 is 44.4 Å². The smallest absolute Gasteiger partial charge is 0.354 e. The van der Waals surface area contributed by atoms with Gasteiger partial charge in [-0.25, -0.2) is 22.4 Å². The van der Waals surface area contributed by atoms with E-state index in [4.69, 9.17) is 4.74 Å². The van der Waals surface area contributed by atoms with Crippen LogP contribution in [0.3, 0.4) is 0 Å². The molecule has 160 valence electrons. The van der Waals surface area contributed by atoms with Crippen molar-refractivity contribution >= 4 is 70.5 Å². The molecule has 0 N–H and O–H groups in total. The van der Waals surface area contributed by atoms with Gasteiger partial charge in [0.15, 0.2) is 14.3 Å². The van der Waals surface area contributed by atoms with E-state index in [1.807, 2.05) is 22.6 Å². The molecular weight excluding hydrogens is 575 g/mol. The second kappa shape index (κ2) is 8.13. The molecule has 0 amide bonds. The van der Waals surface area contributed by atoms with Crippen LogP contribution in [0.5, 0.6) is 5.75 Å². The lowest BCUT2D eigenvalue weighted by Gasteiger charge is -2.03. The molecule has 0 saturated heterocycles. The number of halogens is 5. The summed E-state index contributed by atoms with van der Waals surface area (Å²) < 4.78 is 64.0. The molecule has 0 aliphatic carbocycles. The van der Waals surface area contributed by atoms with Gasteiger partial charge in [0.1, 0.15) is 33.9 Å². The van der Waals surface area contributed by atoms with E-state index in [0.717, 1.165) is 15.7 Å². The number of thiophene rings is 2. The number of esters is 1. The lowest BCUT2D eigenvalue weighted by atomic mass is 10.1. The molecule has 2 aromatic heterocycles. The number of rotatable bonds is 3. The Morgan fingerprint density at radius 1 is 0.844 bits per heavy atom. The third-order valence-electron chi connectivity index (χ3n) is 4.80. The third kappa shape index (κ3) is 3.57. The molecule has 5 aromatic rings. The predicted molar refractivity (Wildman–Crippen MR) is 127 cm³/mol. The highest BCUT2D eigenvalue weighted by atomic mass is 127. The topological polar surface area (TPSA) is 26.3 Å². The first-order valence-corrected chi connectivity index (χ1v) is 12.3. The normalized spacial score (nSPS) is 11.4. The average Bonchev–Trinajstić information content (AvgIpc) is 3.30. The van der Waals surface area contributed by atoms with Gasteiger partial charge in [0.05, 0.1) is 10.8 Å². The first-order valence-electron chi connectivity index (χ1n) is 9.11. The molecule has 0 aliphatic heterocycles. The van der Waals surface area contributed by atoms with Crippen molar-refractivity contribution in [3.05, 3.63) is 91.7 Å². The summed E-state index contributed by atoms with van der Waals surface area (Å²) in [5.74, 6) is -3.63. The predicted octanol–water partition coefficient (Wildman–Crippen LogP) is 8.17. The van der Waals surface area contributed by atoms with Gasteiger partial charge in [-0.15, -0.1) is 11.3 Å². The maximum Gasteiger partial charge on any atom is 0.354 e. The second-order valence-electron chi connectivity index (χ2n) is 6.79. The number of benzene rings is 3. The van der Waals surface area contributed by atoms with E-state index >= 15 is 0 Å². The van der Waals surface area contributed by atoms with Crippen molar-refractivity contribution < 1.29 is 27.1 Å². The molecule has 0 saturated carbocycles. The van der Waals surface area contributed by atoms with Gasteiger partial charge in [-0.3, -0.25) is 0 Å². The first-order chi connectivity index (χ1) is 15.3. The van der Waals surface area contributed by atoms with Crippen molar-refractivity contribution in [3.8, 4) is 10.6 Å². The molecule has 2 nitrogen and oxygen atoms in total. The Bertz CT molecular complexity index is 1460. The first kappa shape index (κ1) is 21.4. The maximum atomic E-state index is 14.6. The van der Waals surface area contributed by atoms with Crippen LogP contribution in [0.1, 0.15) is 9.67 Å². The molecule has 0 unspecified atom stereocenters. The number of fused-ring (bicyclic) bond motifs is 3. The van der Waals surface area contributed by atoms with E-state index in [0.29, 0.717) is 21.9 Å². The van der Waals surface area contributed by atoms with Gasteiger partial charge in [0, 0.05) is 50.4 Å².